The van der Waals surface area contributed by atoms with Crippen LogP contribution in [0.1, 0.15) is 32.3 Å². The van der Waals surface area contributed by atoms with Crippen LogP contribution in [0.15, 0.2) is 16.0 Å². The molecule has 4 nitrogen and oxygen atoms in total. The molecule has 0 unspecified atom stereocenters. The second kappa shape index (κ2) is 4.18. The summed E-state index contributed by atoms with van der Waals surface area (Å²) in [4.78, 5) is 8.67. The Kier molecular flexibility index (Phi) is 3.03. The Bertz CT molecular complexity index is 481. The second-order valence-electron chi connectivity index (χ2n) is 4.57. The summed E-state index contributed by atoms with van der Waals surface area (Å²) in [5, 5.41) is 6.45. The Morgan fingerprint density at radius 2 is 2.12 bits per heavy atom. The summed E-state index contributed by atoms with van der Waals surface area (Å²) in [6, 6.07) is 0. The number of thiazole rings is 1. The van der Waals surface area contributed by atoms with Gasteiger partial charge in [-0.1, -0.05) is 20.8 Å². The zero-order valence-corrected chi connectivity index (χ0v) is 11.4. The molecule has 0 spiro atoms. The van der Waals surface area contributed by atoms with Gasteiger partial charge in [-0.15, -0.1) is 16.4 Å². The Morgan fingerprint density at radius 1 is 1.38 bits per heavy atom. The lowest BCUT2D eigenvalue weighted by Crippen LogP contribution is -2.13. The smallest absolute Gasteiger partial charge is 0.172 e. The van der Waals surface area contributed by atoms with E-state index < -0.39 is 0 Å². The van der Waals surface area contributed by atoms with E-state index in [-0.39, 0.29) is 5.41 Å². The van der Waals surface area contributed by atoms with Crippen molar-refractivity contribution in [2.75, 3.05) is 0 Å². The lowest BCUT2D eigenvalue weighted by Gasteiger charge is -2.11. The van der Waals surface area contributed by atoms with Crippen molar-refractivity contribution in [2.45, 2.75) is 37.4 Å². The van der Waals surface area contributed by atoms with Crippen molar-refractivity contribution in [3.05, 3.63) is 23.2 Å². The summed E-state index contributed by atoms with van der Waals surface area (Å²) in [5.74, 6) is 0.855. The lowest BCUT2D eigenvalue weighted by atomic mass is 9.96. The molecule has 2 aromatic heterocycles. The van der Waals surface area contributed by atoms with Gasteiger partial charge in [0.05, 0.1) is 0 Å². The minimum atomic E-state index is -0.00932. The van der Waals surface area contributed by atoms with Crippen molar-refractivity contribution in [1.29, 1.82) is 0 Å². The fourth-order valence-electron chi connectivity index (χ4n) is 1.09. The van der Waals surface area contributed by atoms with E-state index in [1.54, 1.807) is 21.8 Å². The third-order valence-corrected chi connectivity index (χ3v) is 3.79. The van der Waals surface area contributed by atoms with Crippen LogP contribution >= 0.6 is 23.3 Å². The molecule has 0 aliphatic rings. The number of aryl methyl sites for hydroxylation is 1. The van der Waals surface area contributed by atoms with E-state index >= 15 is 0 Å². The van der Waals surface area contributed by atoms with E-state index in [1.807, 2.05) is 12.3 Å². The summed E-state index contributed by atoms with van der Waals surface area (Å²) >= 11 is 3.12. The maximum atomic E-state index is 4.42. The fraction of sp³-hybridized carbons (Fsp3) is 0.500. The van der Waals surface area contributed by atoms with Crippen LogP contribution in [-0.4, -0.2) is 19.2 Å². The number of hydrogen-bond acceptors (Lipinski definition) is 5. The van der Waals surface area contributed by atoms with Gasteiger partial charge >= 0.3 is 0 Å². The Hall–Kier alpha value is -0.880. The van der Waals surface area contributed by atoms with Gasteiger partial charge in [0.1, 0.15) is 6.33 Å². The highest BCUT2D eigenvalue weighted by Crippen LogP contribution is 2.24. The van der Waals surface area contributed by atoms with E-state index in [1.165, 1.54) is 11.9 Å². The first kappa shape index (κ1) is 11.6. The number of rotatable bonds is 2. The average molecular weight is 254 g/mol. The van der Waals surface area contributed by atoms with E-state index in [0.717, 1.165) is 15.9 Å². The molecular weight excluding hydrogens is 240 g/mol. The molecule has 0 saturated carbocycles. The molecule has 0 saturated heterocycles. The summed E-state index contributed by atoms with van der Waals surface area (Å²) < 4.78 is 2.75. The summed E-state index contributed by atoms with van der Waals surface area (Å²) in [5.41, 5.74) is 1.04. The molecule has 0 atom stereocenters. The van der Waals surface area contributed by atoms with E-state index in [4.69, 9.17) is 0 Å². The minimum absolute atomic E-state index is 0.00932. The van der Waals surface area contributed by atoms with E-state index in [0.29, 0.717) is 0 Å². The van der Waals surface area contributed by atoms with Gasteiger partial charge in [-0.05, 0) is 6.92 Å². The molecule has 0 aliphatic carbocycles. The SMILES string of the molecule is Cc1csc(Sn2cnc(C(C)(C)C)n2)n1. The largest absolute Gasteiger partial charge is 0.233 e. The maximum Gasteiger partial charge on any atom is 0.172 e. The molecule has 0 fully saturated rings. The summed E-state index contributed by atoms with van der Waals surface area (Å²) in [6.45, 7) is 8.29. The van der Waals surface area contributed by atoms with Crippen LogP contribution in [0.3, 0.4) is 0 Å². The molecule has 0 aliphatic heterocycles. The highest BCUT2D eigenvalue weighted by atomic mass is 32.2. The molecule has 86 valence electrons. The van der Waals surface area contributed by atoms with Crippen molar-refractivity contribution in [2.24, 2.45) is 0 Å². The average Bonchev–Trinajstić information content (AvgIpc) is 2.74. The van der Waals surface area contributed by atoms with Crippen molar-refractivity contribution in [3.8, 4) is 0 Å². The second-order valence-corrected chi connectivity index (χ2v) is 6.63. The molecule has 6 heteroatoms. The Labute approximate surface area is 103 Å². The van der Waals surface area contributed by atoms with Gasteiger partial charge in [-0.3, -0.25) is 0 Å². The number of aromatic nitrogens is 4. The predicted octanol–water partition coefficient (Wildman–Crippen LogP) is 2.90. The molecular formula is C10H14N4S2. The van der Waals surface area contributed by atoms with Gasteiger partial charge < -0.3 is 0 Å². The molecule has 0 radical (unpaired) electrons. The Morgan fingerprint density at radius 3 is 2.62 bits per heavy atom. The molecule has 2 aromatic rings. The van der Waals surface area contributed by atoms with Gasteiger partial charge in [0.2, 0.25) is 0 Å². The number of hydrogen-bond donors (Lipinski definition) is 0. The van der Waals surface area contributed by atoms with Crippen LogP contribution < -0.4 is 0 Å². The number of nitrogens with zero attached hydrogens (tertiary/aromatic N) is 4. The first-order chi connectivity index (χ1) is 7.45. The van der Waals surface area contributed by atoms with Crippen LogP contribution in [0, 0.1) is 6.92 Å². The molecule has 16 heavy (non-hydrogen) atoms. The molecule has 2 heterocycles. The molecule has 2 rings (SSSR count). The van der Waals surface area contributed by atoms with Gasteiger partial charge in [0, 0.05) is 28.4 Å². The minimum Gasteiger partial charge on any atom is -0.233 e. The van der Waals surface area contributed by atoms with E-state index in [2.05, 4.69) is 35.8 Å². The first-order valence-electron chi connectivity index (χ1n) is 4.98. The van der Waals surface area contributed by atoms with Crippen molar-refractivity contribution in [3.63, 3.8) is 0 Å². The highest BCUT2D eigenvalue weighted by molar-refractivity contribution is 7.99. The standard InChI is InChI=1S/C10H14N4S2/c1-7-5-15-9(12-7)16-14-6-11-8(13-14)10(2,3)4/h5-6H,1-4H3. The summed E-state index contributed by atoms with van der Waals surface area (Å²) in [6.07, 6.45) is 1.74. The lowest BCUT2D eigenvalue weighted by molar-refractivity contribution is 0.546. The van der Waals surface area contributed by atoms with E-state index in [9.17, 15) is 0 Å². The molecule has 0 N–H and O–H groups in total. The Balaban J connectivity index is 2.14. The van der Waals surface area contributed by atoms with Crippen LogP contribution in [0.2, 0.25) is 0 Å². The van der Waals surface area contributed by atoms with Gasteiger partial charge in [0.25, 0.3) is 0 Å². The van der Waals surface area contributed by atoms with Crippen molar-refractivity contribution >= 4 is 23.3 Å². The predicted molar refractivity (Wildman–Crippen MR) is 66.8 cm³/mol. The van der Waals surface area contributed by atoms with Crippen molar-refractivity contribution in [1.82, 2.24) is 19.2 Å². The summed E-state index contributed by atoms with van der Waals surface area (Å²) in [7, 11) is 0. The highest BCUT2D eigenvalue weighted by Gasteiger charge is 2.19. The quantitative estimate of drug-likeness (QED) is 0.826. The molecule has 0 aromatic carbocycles. The van der Waals surface area contributed by atoms with Crippen LogP contribution in [0.25, 0.3) is 0 Å². The van der Waals surface area contributed by atoms with Crippen LogP contribution in [0.4, 0.5) is 0 Å². The zero-order valence-electron chi connectivity index (χ0n) is 9.76. The van der Waals surface area contributed by atoms with Gasteiger partial charge in [-0.25, -0.2) is 9.97 Å². The normalized spacial score (nSPS) is 12.0. The first-order valence-corrected chi connectivity index (χ1v) is 6.63. The maximum absolute atomic E-state index is 4.42. The van der Waals surface area contributed by atoms with Crippen molar-refractivity contribution < 1.29 is 0 Å². The van der Waals surface area contributed by atoms with Gasteiger partial charge in [-0.2, -0.15) is 4.09 Å². The monoisotopic (exact) mass is 254 g/mol. The topological polar surface area (TPSA) is 43.6 Å². The third-order valence-electron chi connectivity index (χ3n) is 1.91. The third kappa shape index (κ3) is 2.62. The molecule has 0 bridgehead atoms. The zero-order chi connectivity index (χ0) is 11.8. The fourth-order valence-corrected chi connectivity index (χ4v) is 2.71. The molecule has 0 amide bonds. The van der Waals surface area contributed by atoms with Crippen LogP contribution in [0.5, 0.6) is 0 Å². The van der Waals surface area contributed by atoms with Crippen LogP contribution in [-0.2, 0) is 5.41 Å². The van der Waals surface area contributed by atoms with Gasteiger partial charge in [0.15, 0.2) is 10.2 Å².